The number of imidazole rings is 2. The maximum atomic E-state index is 12.1. The van der Waals surface area contributed by atoms with E-state index in [0.717, 1.165) is 11.1 Å². The summed E-state index contributed by atoms with van der Waals surface area (Å²) in [5.41, 5.74) is 3.42. The molecule has 0 N–H and O–H groups in total. The smallest absolute Gasteiger partial charge is 0.333 e. The highest BCUT2D eigenvalue weighted by molar-refractivity contribution is 5.92. The molecule has 2 aromatic heterocycles. The highest BCUT2D eigenvalue weighted by atomic mass is 16.6. The zero-order chi connectivity index (χ0) is 29.8. The zero-order valence-corrected chi connectivity index (χ0v) is 23.1. The lowest BCUT2D eigenvalue weighted by Gasteiger charge is -2.19. The molecule has 206 valence electrons. The molecule has 10 heteroatoms. The van der Waals surface area contributed by atoms with Gasteiger partial charge in [0.2, 0.25) is 0 Å². The molecule has 0 bridgehead atoms. The number of carbonyl (C=O) groups excluding carboxylic acids is 2. The van der Waals surface area contributed by atoms with Crippen molar-refractivity contribution in [3.05, 3.63) is 120 Å². The Kier molecular flexibility index (Phi) is 10.1. The molecule has 4 aromatic rings. The summed E-state index contributed by atoms with van der Waals surface area (Å²) in [4.78, 5) is 31.5. The monoisotopic (exact) mass is 548 g/mol. The Morgan fingerprint density at radius 2 is 1.17 bits per heavy atom. The van der Waals surface area contributed by atoms with Gasteiger partial charge in [-0.2, -0.15) is 10.5 Å². The van der Waals surface area contributed by atoms with Crippen LogP contribution in [-0.2, 0) is 19.1 Å². The maximum Gasteiger partial charge on any atom is 0.333 e. The Morgan fingerprint density at radius 1 is 0.756 bits per heavy atom. The Hall–Kier alpha value is -5.74. The van der Waals surface area contributed by atoms with Crippen LogP contribution in [0.2, 0.25) is 0 Å². The molecule has 0 aliphatic heterocycles. The molecule has 41 heavy (non-hydrogen) atoms. The predicted molar refractivity (Wildman–Crippen MR) is 151 cm³/mol. The summed E-state index contributed by atoms with van der Waals surface area (Å²) in [5.74, 6) is -0.881. The number of hydrogen-bond donors (Lipinski definition) is 0. The molecule has 4 rings (SSSR count). The molecule has 2 heterocycles. The molecule has 0 saturated carbocycles. The summed E-state index contributed by atoms with van der Waals surface area (Å²) in [6.07, 6.45) is 12.7. The summed E-state index contributed by atoms with van der Waals surface area (Å²) < 4.78 is 13.4. The van der Waals surface area contributed by atoms with Gasteiger partial charge in [0.25, 0.3) is 0 Å². The summed E-state index contributed by atoms with van der Waals surface area (Å²) in [6, 6.07) is 18.0. The second-order valence-corrected chi connectivity index (χ2v) is 9.43. The van der Waals surface area contributed by atoms with Gasteiger partial charge in [-0.3, -0.25) is 0 Å². The number of nitriles is 2. The summed E-state index contributed by atoms with van der Waals surface area (Å²) >= 11 is 0. The number of hydrogen-bond acceptors (Lipinski definition) is 8. The Morgan fingerprint density at radius 3 is 1.49 bits per heavy atom. The maximum absolute atomic E-state index is 12.1. The van der Waals surface area contributed by atoms with E-state index in [1.54, 1.807) is 95.1 Å². The van der Waals surface area contributed by atoms with E-state index in [1.165, 1.54) is 19.3 Å². The minimum absolute atomic E-state index is 0.430. The third kappa shape index (κ3) is 8.91. The van der Waals surface area contributed by atoms with Gasteiger partial charge in [-0.05, 0) is 56.2 Å². The Labute approximate surface area is 238 Å². The number of benzene rings is 2. The van der Waals surface area contributed by atoms with Crippen LogP contribution in [0.3, 0.4) is 0 Å². The molecule has 0 amide bonds. The number of methoxy groups -OCH3 is 1. The molecular weight excluding hydrogens is 520 g/mol. The van der Waals surface area contributed by atoms with Crippen molar-refractivity contribution >= 4 is 23.3 Å². The van der Waals surface area contributed by atoms with Crippen LogP contribution in [0.15, 0.2) is 98.1 Å². The van der Waals surface area contributed by atoms with E-state index in [9.17, 15) is 9.59 Å². The number of carbonyl (C=O) groups is 2. The van der Waals surface area contributed by atoms with Crippen LogP contribution < -0.4 is 0 Å². The lowest BCUT2D eigenvalue weighted by molar-refractivity contribution is -0.148. The quantitative estimate of drug-likeness (QED) is 0.248. The average molecular weight is 549 g/mol. The minimum atomic E-state index is -0.557. The van der Waals surface area contributed by atoms with Gasteiger partial charge in [-0.15, -0.1) is 0 Å². The van der Waals surface area contributed by atoms with Gasteiger partial charge in [0.15, 0.2) is 0 Å². The zero-order valence-electron chi connectivity index (χ0n) is 23.1. The molecule has 0 atom stereocenters. The fraction of sp³-hybridized carbons (Fsp3) is 0.161. The molecule has 10 nitrogen and oxygen atoms in total. The van der Waals surface area contributed by atoms with E-state index in [4.69, 9.17) is 15.3 Å². The van der Waals surface area contributed by atoms with Crippen LogP contribution in [0.4, 0.5) is 0 Å². The molecule has 0 aliphatic rings. The first-order valence-electron chi connectivity index (χ1n) is 12.4. The molecule has 0 spiro atoms. The van der Waals surface area contributed by atoms with Gasteiger partial charge < -0.3 is 18.6 Å². The van der Waals surface area contributed by atoms with Crippen molar-refractivity contribution in [1.29, 1.82) is 10.5 Å². The fourth-order valence-electron chi connectivity index (χ4n) is 3.46. The van der Waals surface area contributed by atoms with Crippen LogP contribution in [0, 0.1) is 22.7 Å². The van der Waals surface area contributed by atoms with Crippen LogP contribution >= 0.6 is 0 Å². The van der Waals surface area contributed by atoms with Crippen molar-refractivity contribution < 1.29 is 19.1 Å². The standard InChI is InChI=1S/C17H17N3O2.C14H11N3O2/c1-17(2,3)22-16(21)10-15(20-9-8-19-12-20)14-6-4-13(11-18)5-7-14;1-19-14(18)8-13(17-7-6-16-10-17)12-4-2-11(9-15)3-5-12/h4-10,12H,1-3H3;2-8,10H,1H3. The van der Waals surface area contributed by atoms with Crippen molar-refractivity contribution in [2.24, 2.45) is 0 Å². The second-order valence-electron chi connectivity index (χ2n) is 9.43. The fourth-order valence-corrected chi connectivity index (χ4v) is 3.46. The third-order valence-electron chi connectivity index (χ3n) is 5.30. The first-order valence-corrected chi connectivity index (χ1v) is 12.4. The van der Waals surface area contributed by atoms with Crippen LogP contribution in [0.25, 0.3) is 11.4 Å². The molecule has 0 unspecified atom stereocenters. The topological polar surface area (TPSA) is 136 Å². The second kappa shape index (κ2) is 13.9. The summed E-state index contributed by atoms with van der Waals surface area (Å²) in [5, 5.41) is 17.7. The van der Waals surface area contributed by atoms with Crippen LogP contribution in [0.5, 0.6) is 0 Å². The molecule has 0 fully saturated rings. The van der Waals surface area contributed by atoms with E-state index in [-0.39, 0.29) is 0 Å². The van der Waals surface area contributed by atoms with Crippen LogP contribution in [0.1, 0.15) is 43.0 Å². The van der Waals surface area contributed by atoms with E-state index in [0.29, 0.717) is 22.5 Å². The number of rotatable bonds is 6. The molecule has 2 aromatic carbocycles. The highest BCUT2D eigenvalue weighted by Crippen LogP contribution is 2.19. The number of esters is 2. The third-order valence-corrected chi connectivity index (χ3v) is 5.30. The number of aromatic nitrogens is 4. The molecule has 0 saturated heterocycles. The van der Waals surface area contributed by atoms with Crippen molar-refractivity contribution in [2.75, 3.05) is 7.11 Å². The molecule has 0 aliphatic carbocycles. The lowest BCUT2D eigenvalue weighted by Crippen LogP contribution is -2.23. The van der Waals surface area contributed by atoms with Gasteiger partial charge in [0.05, 0.1) is 54.4 Å². The lowest BCUT2D eigenvalue weighted by atomic mass is 10.1. The van der Waals surface area contributed by atoms with Crippen LogP contribution in [-0.4, -0.2) is 43.8 Å². The normalized spacial score (nSPS) is 11.4. The summed E-state index contributed by atoms with van der Waals surface area (Å²) in [7, 11) is 1.32. The van der Waals surface area contributed by atoms with Crippen molar-refractivity contribution in [1.82, 2.24) is 19.1 Å². The SMILES string of the molecule is CC(C)(C)OC(=O)C=C(c1ccc(C#N)cc1)n1ccnc1.COC(=O)C=C(c1ccc(C#N)cc1)n1ccnc1. The van der Waals surface area contributed by atoms with Gasteiger partial charge in [-0.1, -0.05) is 24.3 Å². The van der Waals surface area contributed by atoms with Gasteiger partial charge >= 0.3 is 11.9 Å². The minimum Gasteiger partial charge on any atom is -0.466 e. The first kappa shape index (κ1) is 29.8. The highest BCUT2D eigenvalue weighted by Gasteiger charge is 2.16. The van der Waals surface area contributed by atoms with Crippen molar-refractivity contribution in [3.8, 4) is 12.1 Å². The van der Waals surface area contributed by atoms with E-state index < -0.39 is 17.5 Å². The Bertz CT molecular complexity index is 1600. The van der Waals surface area contributed by atoms with E-state index in [2.05, 4.69) is 20.8 Å². The van der Waals surface area contributed by atoms with Gasteiger partial charge in [0.1, 0.15) is 5.60 Å². The van der Waals surface area contributed by atoms with E-state index in [1.807, 2.05) is 26.8 Å². The first-order chi connectivity index (χ1) is 19.6. The van der Waals surface area contributed by atoms with Gasteiger partial charge in [-0.25, -0.2) is 19.6 Å². The Balaban J connectivity index is 0.000000228. The average Bonchev–Trinajstić information content (AvgIpc) is 3.69. The number of nitrogens with zero attached hydrogens (tertiary/aromatic N) is 6. The molecular formula is C31H28N6O4. The number of ether oxygens (including phenoxy) is 2. The largest absolute Gasteiger partial charge is 0.466 e. The van der Waals surface area contributed by atoms with Gasteiger partial charge in [0, 0.05) is 36.9 Å². The predicted octanol–water partition coefficient (Wildman–Crippen LogP) is 4.80. The van der Waals surface area contributed by atoms with E-state index >= 15 is 0 Å². The van der Waals surface area contributed by atoms with Crippen molar-refractivity contribution in [3.63, 3.8) is 0 Å². The molecule has 0 radical (unpaired) electrons. The van der Waals surface area contributed by atoms with Crippen molar-refractivity contribution in [2.45, 2.75) is 26.4 Å². The summed E-state index contributed by atoms with van der Waals surface area (Å²) in [6.45, 7) is 5.45.